The molecule has 1 aliphatic rings. The van der Waals surface area contributed by atoms with Gasteiger partial charge in [-0.1, -0.05) is 18.5 Å². The third-order valence-corrected chi connectivity index (χ3v) is 3.68. The Balaban J connectivity index is 2.00. The van der Waals surface area contributed by atoms with Crippen molar-refractivity contribution < 1.29 is 0 Å². The molecule has 2 heterocycles. The van der Waals surface area contributed by atoms with Crippen molar-refractivity contribution in [1.29, 1.82) is 0 Å². The van der Waals surface area contributed by atoms with Crippen LogP contribution in [0.2, 0.25) is 5.02 Å². The van der Waals surface area contributed by atoms with E-state index in [0.29, 0.717) is 6.04 Å². The Morgan fingerprint density at radius 3 is 3.11 bits per heavy atom. The third kappa shape index (κ3) is 3.94. The molecule has 100 valence electrons. The molecule has 1 fully saturated rings. The quantitative estimate of drug-likeness (QED) is 0.889. The van der Waals surface area contributed by atoms with Gasteiger partial charge in [-0.3, -0.25) is 9.88 Å². The Morgan fingerprint density at radius 1 is 1.56 bits per heavy atom. The average molecular weight is 268 g/mol. The van der Waals surface area contributed by atoms with Crippen LogP contribution in [0.25, 0.3) is 0 Å². The summed E-state index contributed by atoms with van der Waals surface area (Å²) in [4.78, 5) is 6.94. The summed E-state index contributed by atoms with van der Waals surface area (Å²) in [7, 11) is 0. The van der Waals surface area contributed by atoms with Crippen LogP contribution in [0.3, 0.4) is 0 Å². The smallest absolute Gasteiger partial charge is 0.0558 e. The molecule has 1 atom stereocenters. The second kappa shape index (κ2) is 7.07. The van der Waals surface area contributed by atoms with Gasteiger partial charge in [0.15, 0.2) is 0 Å². The summed E-state index contributed by atoms with van der Waals surface area (Å²) < 4.78 is 0. The maximum Gasteiger partial charge on any atom is 0.0558 e. The van der Waals surface area contributed by atoms with E-state index >= 15 is 0 Å². The predicted molar refractivity (Wildman–Crippen MR) is 75.8 cm³/mol. The maximum absolute atomic E-state index is 6.02. The third-order valence-electron chi connectivity index (χ3n) is 3.44. The van der Waals surface area contributed by atoms with E-state index in [1.165, 1.54) is 19.3 Å². The first kappa shape index (κ1) is 13.8. The summed E-state index contributed by atoms with van der Waals surface area (Å²) in [6.07, 6.45) is 5.53. The van der Waals surface area contributed by atoms with Gasteiger partial charge in [-0.2, -0.15) is 0 Å². The van der Waals surface area contributed by atoms with E-state index < -0.39 is 0 Å². The van der Waals surface area contributed by atoms with Gasteiger partial charge in [0.05, 0.1) is 5.69 Å². The Labute approximate surface area is 115 Å². The predicted octanol–water partition coefficient (Wildman–Crippen LogP) is 2.70. The number of hydrogen-bond donors (Lipinski definition) is 1. The average Bonchev–Trinajstić information content (AvgIpc) is 2.39. The molecule has 0 amide bonds. The van der Waals surface area contributed by atoms with Gasteiger partial charge in [-0.05, 0) is 44.5 Å². The van der Waals surface area contributed by atoms with Crippen LogP contribution in [0.1, 0.15) is 31.9 Å². The molecule has 18 heavy (non-hydrogen) atoms. The number of halogens is 1. The van der Waals surface area contributed by atoms with E-state index in [0.717, 1.165) is 36.9 Å². The number of pyridine rings is 1. The lowest BCUT2D eigenvalue weighted by atomic mass is 10.1. The molecule has 1 N–H and O–H groups in total. The van der Waals surface area contributed by atoms with E-state index in [-0.39, 0.29) is 0 Å². The van der Waals surface area contributed by atoms with E-state index in [1.807, 2.05) is 12.1 Å². The second-order valence-electron chi connectivity index (χ2n) is 4.94. The number of nitrogens with zero attached hydrogens (tertiary/aromatic N) is 2. The van der Waals surface area contributed by atoms with Crippen LogP contribution in [-0.4, -0.2) is 35.6 Å². The van der Waals surface area contributed by atoms with Crippen LogP contribution in [0.15, 0.2) is 18.3 Å². The molecule has 1 saturated heterocycles. The summed E-state index contributed by atoms with van der Waals surface area (Å²) in [6, 6.07) is 4.44. The minimum Gasteiger partial charge on any atom is -0.315 e. The van der Waals surface area contributed by atoms with E-state index in [4.69, 9.17) is 11.6 Å². The van der Waals surface area contributed by atoms with Crippen molar-refractivity contribution in [2.75, 3.05) is 19.6 Å². The molecule has 0 radical (unpaired) electrons. The van der Waals surface area contributed by atoms with Crippen molar-refractivity contribution in [3.63, 3.8) is 0 Å². The highest BCUT2D eigenvalue weighted by Crippen LogP contribution is 2.16. The lowest BCUT2D eigenvalue weighted by Gasteiger charge is -2.34. The Kier molecular flexibility index (Phi) is 5.42. The lowest BCUT2D eigenvalue weighted by molar-refractivity contribution is 0.156. The summed E-state index contributed by atoms with van der Waals surface area (Å²) in [6.45, 7) is 6.52. The largest absolute Gasteiger partial charge is 0.315 e. The second-order valence-corrected chi connectivity index (χ2v) is 5.37. The Hall–Kier alpha value is -0.640. The Morgan fingerprint density at radius 2 is 2.44 bits per heavy atom. The van der Waals surface area contributed by atoms with Gasteiger partial charge in [-0.15, -0.1) is 0 Å². The number of aromatic nitrogens is 1. The van der Waals surface area contributed by atoms with Crippen LogP contribution >= 0.6 is 11.6 Å². The van der Waals surface area contributed by atoms with Crippen LogP contribution in [-0.2, 0) is 6.54 Å². The van der Waals surface area contributed by atoms with Crippen molar-refractivity contribution in [3.8, 4) is 0 Å². The molecule has 4 heteroatoms. The van der Waals surface area contributed by atoms with Gasteiger partial charge in [0, 0.05) is 30.4 Å². The molecule has 1 aromatic heterocycles. The fraction of sp³-hybridized carbons (Fsp3) is 0.643. The molecule has 1 unspecified atom stereocenters. The van der Waals surface area contributed by atoms with E-state index in [9.17, 15) is 0 Å². The van der Waals surface area contributed by atoms with Crippen molar-refractivity contribution in [2.24, 2.45) is 0 Å². The molecule has 1 aromatic rings. The highest BCUT2D eigenvalue weighted by atomic mass is 35.5. The molecule has 2 rings (SSSR count). The summed E-state index contributed by atoms with van der Waals surface area (Å²) in [5.74, 6) is 0. The first-order chi connectivity index (χ1) is 8.79. The lowest BCUT2D eigenvalue weighted by Crippen LogP contribution is -2.46. The standard InChI is InChI=1S/C14H22ClN3/c1-2-8-18(14-4-3-6-16-10-14)11-13-9-12(15)5-7-17-13/h5,7,9,14,16H,2-4,6,8,10-11H2,1H3. The van der Waals surface area contributed by atoms with Crippen molar-refractivity contribution in [3.05, 3.63) is 29.0 Å². The molecule has 0 bridgehead atoms. The number of hydrogen-bond acceptors (Lipinski definition) is 3. The highest BCUT2D eigenvalue weighted by Gasteiger charge is 2.20. The summed E-state index contributed by atoms with van der Waals surface area (Å²) in [5, 5.41) is 4.26. The van der Waals surface area contributed by atoms with Crippen LogP contribution in [0, 0.1) is 0 Å². The molecule has 0 aromatic carbocycles. The van der Waals surface area contributed by atoms with Gasteiger partial charge in [0.2, 0.25) is 0 Å². The first-order valence-electron chi connectivity index (χ1n) is 6.85. The van der Waals surface area contributed by atoms with Gasteiger partial charge in [-0.25, -0.2) is 0 Å². The van der Waals surface area contributed by atoms with Gasteiger partial charge in [0.1, 0.15) is 0 Å². The van der Waals surface area contributed by atoms with Crippen LogP contribution in [0.4, 0.5) is 0 Å². The normalized spacial score (nSPS) is 20.3. The SMILES string of the molecule is CCCN(Cc1cc(Cl)ccn1)C1CCCNC1. The van der Waals surface area contributed by atoms with Crippen molar-refractivity contribution in [1.82, 2.24) is 15.2 Å². The zero-order valence-corrected chi connectivity index (χ0v) is 11.8. The molecular formula is C14H22ClN3. The number of nitrogens with one attached hydrogen (secondary N) is 1. The molecular weight excluding hydrogens is 246 g/mol. The van der Waals surface area contributed by atoms with Crippen molar-refractivity contribution in [2.45, 2.75) is 38.8 Å². The van der Waals surface area contributed by atoms with Gasteiger partial charge in [0.25, 0.3) is 0 Å². The first-order valence-corrected chi connectivity index (χ1v) is 7.22. The van der Waals surface area contributed by atoms with E-state index in [2.05, 4.69) is 22.1 Å². The Bertz CT molecular complexity index is 364. The summed E-state index contributed by atoms with van der Waals surface area (Å²) >= 11 is 6.02. The molecule has 0 spiro atoms. The summed E-state index contributed by atoms with van der Waals surface area (Å²) in [5.41, 5.74) is 1.07. The maximum atomic E-state index is 6.02. The van der Waals surface area contributed by atoms with Crippen LogP contribution < -0.4 is 5.32 Å². The van der Waals surface area contributed by atoms with Gasteiger partial charge < -0.3 is 5.32 Å². The topological polar surface area (TPSA) is 28.2 Å². The molecule has 1 aliphatic heterocycles. The zero-order chi connectivity index (χ0) is 12.8. The van der Waals surface area contributed by atoms with Crippen molar-refractivity contribution >= 4 is 11.6 Å². The number of rotatable bonds is 5. The zero-order valence-electron chi connectivity index (χ0n) is 11.0. The minimum atomic E-state index is 0.638. The van der Waals surface area contributed by atoms with Gasteiger partial charge >= 0.3 is 0 Å². The fourth-order valence-corrected chi connectivity index (χ4v) is 2.75. The molecule has 3 nitrogen and oxygen atoms in total. The number of piperidine rings is 1. The molecule has 0 aliphatic carbocycles. The van der Waals surface area contributed by atoms with Crippen LogP contribution in [0.5, 0.6) is 0 Å². The minimum absolute atomic E-state index is 0.638. The molecule has 0 saturated carbocycles. The fourth-order valence-electron chi connectivity index (χ4n) is 2.57. The van der Waals surface area contributed by atoms with E-state index in [1.54, 1.807) is 6.20 Å². The monoisotopic (exact) mass is 267 g/mol. The highest BCUT2D eigenvalue weighted by molar-refractivity contribution is 6.30.